The van der Waals surface area contributed by atoms with Crippen molar-refractivity contribution >= 4 is 11.8 Å². The summed E-state index contributed by atoms with van der Waals surface area (Å²) in [6.07, 6.45) is 2.03. The Bertz CT molecular complexity index is 786. The fourth-order valence-corrected chi connectivity index (χ4v) is 3.36. The third kappa shape index (κ3) is 6.17. The molecule has 1 aromatic heterocycles. The first kappa shape index (κ1) is 21.6. The van der Waals surface area contributed by atoms with Crippen LogP contribution in [0.2, 0.25) is 0 Å². The molecule has 7 heteroatoms. The number of thioether (sulfide) groups is 1. The minimum Gasteiger partial charge on any atom is -0.395 e. The Balaban J connectivity index is 2.49. The third-order valence-electron chi connectivity index (χ3n) is 4.18. The SMILES string of the molecule is CSc1cccc(-c2cc(CN(CCO)CCO)c(=O)n(CC(C)C)n2)c1. The van der Waals surface area contributed by atoms with E-state index in [-0.39, 0.29) is 18.8 Å². The van der Waals surface area contributed by atoms with Gasteiger partial charge in [0.1, 0.15) is 0 Å². The number of hydrogen-bond donors (Lipinski definition) is 2. The molecule has 148 valence electrons. The Morgan fingerprint density at radius 1 is 1.19 bits per heavy atom. The zero-order valence-corrected chi connectivity index (χ0v) is 17.1. The van der Waals surface area contributed by atoms with Crippen LogP contribution in [0.3, 0.4) is 0 Å². The number of hydrogen-bond acceptors (Lipinski definition) is 6. The second-order valence-corrected chi connectivity index (χ2v) is 7.77. The molecule has 1 aromatic carbocycles. The van der Waals surface area contributed by atoms with E-state index in [1.54, 1.807) is 11.8 Å². The van der Waals surface area contributed by atoms with E-state index in [0.29, 0.717) is 37.7 Å². The molecule has 2 aromatic rings. The highest BCUT2D eigenvalue weighted by atomic mass is 32.2. The molecule has 2 rings (SSSR count). The average Bonchev–Trinajstić information content (AvgIpc) is 2.65. The molecule has 6 nitrogen and oxygen atoms in total. The molecule has 0 bridgehead atoms. The maximum atomic E-state index is 12.9. The summed E-state index contributed by atoms with van der Waals surface area (Å²) >= 11 is 1.66. The highest BCUT2D eigenvalue weighted by Crippen LogP contribution is 2.23. The van der Waals surface area contributed by atoms with Crippen LogP contribution in [0.15, 0.2) is 40.0 Å². The van der Waals surface area contributed by atoms with Gasteiger partial charge in [-0.25, -0.2) is 4.68 Å². The van der Waals surface area contributed by atoms with Gasteiger partial charge in [0.2, 0.25) is 0 Å². The van der Waals surface area contributed by atoms with E-state index < -0.39 is 0 Å². The molecular formula is C20H29N3O3S. The van der Waals surface area contributed by atoms with Crippen LogP contribution in [0.1, 0.15) is 19.4 Å². The van der Waals surface area contributed by atoms with E-state index in [0.717, 1.165) is 16.2 Å². The molecular weight excluding hydrogens is 362 g/mol. The van der Waals surface area contributed by atoms with Crippen molar-refractivity contribution in [2.75, 3.05) is 32.6 Å². The van der Waals surface area contributed by atoms with E-state index in [1.807, 2.05) is 35.4 Å². The number of aliphatic hydroxyl groups is 2. The van der Waals surface area contributed by atoms with Crippen LogP contribution in [0.5, 0.6) is 0 Å². The van der Waals surface area contributed by atoms with Gasteiger partial charge in [-0.05, 0) is 30.4 Å². The van der Waals surface area contributed by atoms with Crippen LogP contribution in [0.4, 0.5) is 0 Å². The van der Waals surface area contributed by atoms with Gasteiger partial charge in [0.25, 0.3) is 5.56 Å². The number of benzene rings is 1. The van der Waals surface area contributed by atoms with Gasteiger partial charge in [-0.2, -0.15) is 5.10 Å². The predicted molar refractivity (Wildman–Crippen MR) is 110 cm³/mol. The lowest BCUT2D eigenvalue weighted by Crippen LogP contribution is -2.35. The lowest BCUT2D eigenvalue weighted by molar-refractivity contribution is 0.155. The molecule has 0 aliphatic carbocycles. The zero-order valence-electron chi connectivity index (χ0n) is 16.3. The predicted octanol–water partition coefficient (Wildman–Crippen LogP) is 2.07. The minimum absolute atomic E-state index is 0.0199. The number of aliphatic hydroxyl groups excluding tert-OH is 2. The number of nitrogens with zero attached hydrogens (tertiary/aromatic N) is 3. The molecule has 0 aliphatic heterocycles. The highest BCUT2D eigenvalue weighted by molar-refractivity contribution is 7.98. The Kier molecular flexibility index (Phi) is 8.50. The summed E-state index contributed by atoms with van der Waals surface area (Å²) in [5.74, 6) is 0.293. The largest absolute Gasteiger partial charge is 0.395 e. The van der Waals surface area contributed by atoms with E-state index in [1.165, 1.54) is 4.68 Å². The zero-order chi connectivity index (χ0) is 19.8. The topological polar surface area (TPSA) is 78.6 Å². The second-order valence-electron chi connectivity index (χ2n) is 6.89. The van der Waals surface area contributed by atoms with Crippen molar-refractivity contribution in [1.29, 1.82) is 0 Å². The maximum absolute atomic E-state index is 12.9. The fourth-order valence-electron chi connectivity index (χ4n) is 2.90. The smallest absolute Gasteiger partial charge is 0.271 e. The van der Waals surface area contributed by atoms with E-state index in [2.05, 4.69) is 25.0 Å². The Morgan fingerprint density at radius 2 is 1.89 bits per heavy atom. The van der Waals surface area contributed by atoms with Crippen molar-refractivity contribution in [3.05, 3.63) is 46.2 Å². The summed E-state index contributed by atoms with van der Waals surface area (Å²) in [6.45, 7) is 5.80. The molecule has 2 N–H and O–H groups in total. The second kappa shape index (κ2) is 10.6. The van der Waals surface area contributed by atoms with Crippen molar-refractivity contribution in [3.8, 4) is 11.3 Å². The lowest BCUT2D eigenvalue weighted by Gasteiger charge is -2.21. The molecule has 0 saturated carbocycles. The average molecular weight is 392 g/mol. The monoisotopic (exact) mass is 391 g/mol. The van der Waals surface area contributed by atoms with E-state index in [4.69, 9.17) is 0 Å². The van der Waals surface area contributed by atoms with Gasteiger partial charge < -0.3 is 10.2 Å². The first-order valence-electron chi connectivity index (χ1n) is 9.18. The summed E-state index contributed by atoms with van der Waals surface area (Å²) in [5, 5.41) is 23.1. The van der Waals surface area contributed by atoms with Gasteiger partial charge in [-0.3, -0.25) is 9.69 Å². The van der Waals surface area contributed by atoms with Crippen molar-refractivity contribution < 1.29 is 10.2 Å². The molecule has 0 atom stereocenters. The van der Waals surface area contributed by atoms with Crippen molar-refractivity contribution in [3.63, 3.8) is 0 Å². The highest BCUT2D eigenvalue weighted by Gasteiger charge is 2.14. The summed E-state index contributed by atoms with van der Waals surface area (Å²) in [6, 6.07) is 9.93. The van der Waals surface area contributed by atoms with Gasteiger partial charge in [0, 0.05) is 42.2 Å². The van der Waals surface area contributed by atoms with Crippen LogP contribution < -0.4 is 5.56 Å². The first-order valence-corrected chi connectivity index (χ1v) is 10.4. The Hall–Kier alpha value is -1.67. The number of rotatable bonds is 10. The first-order chi connectivity index (χ1) is 13.0. The van der Waals surface area contributed by atoms with Gasteiger partial charge in [-0.1, -0.05) is 26.0 Å². The quantitative estimate of drug-likeness (QED) is 0.604. The van der Waals surface area contributed by atoms with Crippen molar-refractivity contribution in [1.82, 2.24) is 14.7 Å². The van der Waals surface area contributed by atoms with Crippen LogP contribution in [0.25, 0.3) is 11.3 Å². The Labute approximate surface area is 164 Å². The van der Waals surface area contributed by atoms with Crippen molar-refractivity contribution in [2.45, 2.75) is 31.8 Å². The third-order valence-corrected chi connectivity index (χ3v) is 4.90. The lowest BCUT2D eigenvalue weighted by atomic mass is 10.1. The summed E-state index contributed by atoms with van der Waals surface area (Å²) in [5.41, 5.74) is 2.23. The Morgan fingerprint density at radius 3 is 2.48 bits per heavy atom. The molecule has 0 radical (unpaired) electrons. The van der Waals surface area contributed by atoms with Crippen molar-refractivity contribution in [2.24, 2.45) is 5.92 Å². The van der Waals surface area contributed by atoms with Gasteiger partial charge in [0.15, 0.2) is 0 Å². The number of aromatic nitrogens is 2. The maximum Gasteiger partial charge on any atom is 0.271 e. The molecule has 27 heavy (non-hydrogen) atoms. The standard InChI is InChI=1S/C20H29N3O3S/c1-15(2)13-23-20(26)17(14-22(7-9-24)8-10-25)12-19(21-23)16-5-4-6-18(11-16)27-3/h4-6,11-12,15,24-25H,7-10,13-14H2,1-3H3. The molecule has 0 saturated heterocycles. The van der Waals surface area contributed by atoms with Crippen LogP contribution in [-0.4, -0.2) is 57.5 Å². The molecule has 0 unspecified atom stereocenters. The van der Waals surface area contributed by atoms with Gasteiger partial charge in [0.05, 0.1) is 18.9 Å². The van der Waals surface area contributed by atoms with Gasteiger partial charge in [-0.15, -0.1) is 11.8 Å². The summed E-state index contributed by atoms with van der Waals surface area (Å²) in [7, 11) is 0. The molecule has 0 spiro atoms. The molecule has 0 aliphatic rings. The van der Waals surface area contributed by atoms with Crippen LogP contribution in [0, 0.1) is 5.92 Å². The summed E-state index contributed by atoms with van der Waals surface area (Å²) < 4.78 is 1.54. The molecule has 1 heterocycles. The van der Waals surface area contributed by atoms with Crippen LogP contribution >= 0.6 is 11.8 Å². The van der Waals surface area contributed by atoms with E-state index in [9.17, 15) is 15.0 Å². The molecule has 0 amide bonds. The van der Waals surface area contributed by atoms with Crippen LogP contribution in [-0.2, 0) is 13.1 Å². The molecule has 0 fully saturated rings. The minimum atomic E-state index is -0.116. The summed E-state index contributed by atoms with van der Waals surface area (Å²) in [4.78, 5) is 15.9. The van der Waals surface area contributed by atoms with Gasteiger partial charge >= 0.3 is 0 Å². The normalized spacial score (nSPS) is 11.5. The fraction of sp³-hybridized carbons (Fsp3) is 0.500. The van der Waals surface area contributed by atoms with E-state index >= 15 is 0 Å².